The Morgan fingerprint density at radius 1 is 1.32 bits per heavy atom. The summed E-state index contributed by atoms with van der Waals surface area (Å²) < 4.78 is 30.8. The molecule has 0 radical (unpaired) electrons. The van der Waals surface area contributed by atoms with E-state index in [1.807, 2.05) is 0 Å². The van der Waals surface area contributed by atoms with Crippen molar-refractivity contribution in [2.24, 2.45) is 5.92 Å². The summed E-state index contributed by atoms with van der Waals surface area (Å²) in [6, 6.07) is -1.36. The molecule has 0 aromatic rings. The van der Waals surface area contributed by atoms with Gasteiger partial charge in [-0.05, 0) is 27.2 Å². The summed E-state index contributed by atoms with van der Waals surface area (Å²) in [5.74, 6) is -1.09. The lowest BCUT2D eigenvalue weighted by atomic mass is 9.83. The number of amides is 2. The van der Waals surface area contributed by atoms with Gasteiger partial charge in [0.2, 0.25) is 5.91 Å². The van der Waals surface area contributed by atoms with Crippen LogP contribution in [0.4, 0.5) is 13.6 Å². The Bertz CT molecular complexity index is 427. The van der Waals surface area contributed by atoms with Crippen molar-refractivity contribution in [1.82, 2.24) is 10.6 Å². The van der Waals surface area contributed by atoms with Crippen molar-refractivity contribution in [3.8, 4) is 0 Å². The van der Waals surface area contributed by atoms with Gasteiger partial charge in [0.1, 0.15) is 11.4 Å². The number of ether oxygens (including phenoxy) is 1. The molecule has 0 spiro atoms. The Kier molecular flexibility index (Phi) is 6.25. The van der Waals surface area contributed by atoms with Gasteiger partial charge in [-0.1, -0.05) is 0 Å². The van der Waals surface area contributed by atoms with Crippen molar-refractivity contribution in [3.05, 3.63) is 0 Å². The fourth-order valence-electron chi connectivity index (χ4n) is 1.88. The number of nitrogens with one attached hydrogen (secondary N) is 2. The molecule has 1 aliphatic carbocycles. The third kappa shape index (κ3) is 6.36. The summed E-state index contributed by atoms with van der Waals surface area (Å²) in [6.07, 6.45) is -3.35. The van der Waals surface area contributed by atoms with Crippen LogP contribution in [0.25, 0.3) is 0 Å². The van der Waals surface area contributed by atoms with Gasteiger partial charge in [0.05, 0.1) is 12.0 Å². The number of hydrogen-bond donors (Lipinski definition) is 2. The van der Waals surface area contributed by atoms with Gasteiger partial charge in [0.15, 0.2) is 0 Å². The fraction of sp³-hybridized carbons (Fsp3) is 0.786. The topological polar surface area (TPSA) is 84.5 Å². The molecule has 0 saturated heterocycles. The lowest BCUT2D eigenvalue weighted by Crippen LogP contribution is -2.47. The maximum Gasteiger partial charge on any atom is 0.407 e. The van der Waals surface area contributed by atoms with Crippen molar-refractivity contribution < 1.29 is 27.9 Å². The molecular weight excluding hydrogens is 298 g/mol. The number of rotatable bonds is 6. The van der Waals surface area contributed by atoms with Crippen LogP contribution >= 0.6 is 0 Å². The minimum Gasteiger partial charge on any atom is -0.444 e. The summed E-state index contributed by atoms with van der Waals surface area (Å²) >= 11 is 0. The van der Waals surface area contributed by atoms with E-state index in [4.69, 9.17) is 4.74 Å². The number of hydrogen-bond acceptors (Lipinski definition) is 4. The molecule has 1 saturated carbocycles. The van der Waals surface area contributed by atoms with E-state index < -0.39 is 36.0 Å². The fourth-order valence-corrected chi connectivity index (χ4v) is 1.88. The largest absolute Gasteiger partial charge is 0.444 e. The van der Waals surface area contributed by atoms with Crippen molar-refractivity contribution >= 4 is 17.8 Å². The minimum atomic E-state index is -2.75. The standard InChI is InChI=1S/C14H22F2N2O4/c1-14(2,3)22-13(21)17-5-4-10(11(15)16)18-12(20)8-6-9(19)7-8/h8,10-11H,4-7H2,1-3H3,(H,17,21)(H,18,20). The Morgan fingerprint density at radius 3 is 2.36 bits per heavy atom. The molecule has 0 aliphatic heterocycles. The first kappa shape index (κ1) is 18.3. The molecular formula is C14H22F2N2O4. The van der Waals surface area contributed by atoms with Crippen molar-refractivity contribution in [1.29, 1.82) is 0 Å². The molecule has 1 atom stereocenters. The quantitative estimate of drug-likeness (QED) is 0.779. The predicted octanol–water partition coefficient (Wildman–Crippen LogP) is 1.63. The van der Waals surface area contributed by atoms with Crippen LogP contribution in [-0.2, 0) is 14.3 Å². The average Bonchev–Trinajstić information content (AvgIpc) is 2.31. The molecule has 126 valence electrons. The number of ketones is 1. The van der Waals surface area contributed by atoms with E-state index in [0.29, 0.717) is 0 Å². The number of alkyl halides is 2. The molecule has 1 unspecified atom stereocenters. The van der Waals surface area contributed by atoms with E-state index in [2.05, 4.69) is 10.6 Å². The zero-order valence-electron chi connectivity index (χ0n) is 12.9. The van der Waals surface area contributed by atoms with E-state index in [9.17, 15) is 23.2 Å². The van der Waals surface area contributed by atoms with Gasteiger partial charge in [0.25, 0.3) is 6.43 Å². The van der Waals surface area contributed by atoms with Crippen LogP contribution in [0.15, 0.2) is 0 Å². The third-order valence-corrected chi connectivity index (χ3v) is 3.07. The molecule has 1 rings (SSSR count). The first-order valence-corrected chi connectivity index (χ1v) is 7.15. The minimum absolute atomic E-state index is 0.0414. The van der Waals surface area contributed by atoms with Crippen LogP contribution in [0.5, 0.6) is 0 Å². The van der Waals surface area contributed by atoms with E-state index in [0.717, 1.165) is 0 Å². The van der Waals surface area contributed by atoms with Gasteiger partial charge < -0.3 is 15.4 Å². The Morgan fingerprint density at radius 2 is 1.91 bits per heavy atom. The lowest BCUT2D eigenvalue weighted by Gasteiger charge is -2.26. The first-order chi connectivity index (χ1) is 10.1. The summed E-state index contributed by atoms with van der Waals surface area (Å²) in [4.78, 5) is 33.9. The molecule has 0 aromatic carbocycles. The van der Waals surface area contributed by atoms with Crippen LogP contribution < -0.4 is 10.6 Å². The summed E-state index contributed by atoms with van der Waals surface area (Å²) in [6.45, 7) is 5.02. The van der Waals surface area contributed by atoms with Gasteiger partial charge in [-0.3, -0.25) is 9.59 Å². The molecule has 1 aliphatic rings. The zero-order chi connectivity index (χ0) is 16.9. The number of Topliss-reactive ketones (excluding diaryl/α,β-unsaturated/α-hetero) is 1. The molecule has 0 heterocycles. The Balaban J connectivity index is 2.33. The molecule has 22 heavy (non-hydrogen) atoms. The summed E-state index contributed by atoms with van der Waals surface area (Å²) in [7, 11) is 0. The summed E-state index contributed by atoms with van der Waals surface area (Å²) in [5.41, 5.74) is -0.669. The first-order valence-electron chi connectivity index (χ1n) is 7.15. The maximum atomic E-state index is 12.9. The third-order valence-electron chi connectivity index (χ3n) is 3.07. The van der Waals surface area contributed by atoms with E-state index in [1.54, 1.807) is 20.8 Å². The average molecular weight is 320 g/mol. The normalized spacial score (nSPS) is 16.9. The molecule has 8 heteroatoms. The van der Waals surface area contributed by atoms with E-state index >= 15 is 0 Å². The van der Waals surface area contributed by atoms with Gasteiger partial charge in [-0.15, -0.1) is 0 Å². The van der Waals surface area contributed by atoms with Gasteiger partial charge in [-0.25, -0.2) is 13.6 Å². The highest BCUT2D eigenvalue weighted by Gasteiger charge is 2.35. The Hall–Kier alpha value is -1.73. The second-order valence-corrected chi connectivity index (χ2v) is 6.31. The molecule has 2 amide bonds. The maximum absolute atomic E-state index is 12.9. The second-order valence-electron chi connectivity index (χ2n) is 6.31. The zero-order valence-corrected chi connectivity index (χ0v) is 12.9. The highest BCUT2D eigenvalue weighted by atomic mass is 19.3. The van der Waals surface area contributed by atoms with Crippen molar-refractivity contribution in [2.75, 3.05) is 6.54 Å². The SMILES string of the molecule is CC(C)(C)OC(=O)NCCC(NC(=O)C1CC(=O)C1)C(F)F. The number of carbonyl (C=O) groups is 3. The Labute approximate surface area is 128 Å². The molecule has 0 bridgehead atoms. The van der Waals surface area contributed by atoms with E-state index in [-0.39, 0.29) is 31.6 Å². The van der Waals surface area contributed by atoms with E-state index in [1.165, 1.54) is 0 Å². The van der Waals surface area contributed by atoms with Crippen LogP contribution in [0, 0.1) is 5.92 Å². The smallest absolute Gasteiger partial charge is 0.407 e. The van der Waals surface area contributed by atoms with Crippen molar-refractivity contribution in [2.45, 2.75) is 58.1 Å². The van der Waals surface area contributed by atoms with Crippen LogP contribution in [-0.4, -0.2) is 42.4 Å². The van der Waals surface area contributed by atoms with Crippen LogP contribution in [0.1, 0.15) is 40.0 Å². The molecule has 1 fully saturated rings. The highest BCUT2D eigenvalue weighted by Crippen LogP contribution is 2.23. The predicted molar refractivity (Wildman–Crippen MR) is 74.5 cm³/mol. The van der Waals surface area contributed by atoms with Crippen molar-refractivity contribution in [3.63, 3.8) is 0 Å². The summed E-state index contributed by atoms with van der Waals surface area (Å²) in [5, 5.41) is 4.59. The molecule has 2 N–H and O–H groups in total. The second kappa shape index (κ2) is 7.51. The molecule has 0 aromatic heterocycles. The number of carbonyl (C=O) groups excluding carboxylic acids is 3. The highest BCUT2D eigenvalue weighted by molar-refractivity contribution is 5.96. The van der Waals surface area contributed by atoms with Crippen LogP contribution in [0.3, 0.4) is 0 Å². The number of alkyl carbamates (subject to hydrolysis) is 1. The van der Waals surface area contributed by atoms with Gasteiger partial charge in [0, 0.05) is 19.4 Å². The van der Waals surface area contributed by atoms with Gasteiger partial charge >= 0.3 is 6.09 Å². The number of halogens is 2. The monoisotopic (exact) mass is 320 g/mol. The van der Waals surface area contributed by atoms with Crippen LogP contribution in [0.2, 0.25) is 0 Å². The lowest BCUT2D eigenvalue weighted by molar-refractivity contribution is -0.139. The van der Waals surface area contributed by atoms with Gasteiger partial charge in [-0.2, -0.15) is 0 Å². The molecule has 6 nitrogen and oxygen atoms in total.